The molecule has 1 aliphatic carbocycles. The van der Waals surface area contributed by atoms with Crippen molar-refractivity contribution in [2.75, 3.05) is 5.73 Å². The van der Waals surface area contributed by atoms with Crippen LogP contribution in [0.2, 0.25) is 0 Å². The van der Waals surface area contributed by atoms with Crippen molar-refractivity contribution in [3.63, 3.8) is 0 Å². The van der Waals surface area contributed by atoms with Gasteiger partial charge in [-0.1, -0.05) is 33.3 Å². The number of fused-ring (bicyclic) bond motifs is 1. The SMILES string of the molecule is Cc1nc2cccc(O[C@@H]3CC(C)CC[C@H]3C(C)C)c2c(N)c1C(=O)O. The highest BCUT2D eigenvalue weighted by Crippen LogP contribution is 2.39. The first kappa shape index (κ1) is 18.5. The molecule has 3 N–H and O–H groups in total. The number of nitrogens with zero attached hydrogens (tertiary/aromatic N) is 1. The number of carbonyl (C=O) groups is 1. The Morgan fingerprint density at radius 1 is 1.35 bits per heavy atom. The molecule has 0 aliphatic heterocycles. The number of nitrogens with two attached hydrogens (primary N) is 1. The van der Waals surface area contributed by atoms with E-state index in [1.807, 2.05) is 18.2 Å². The van der Waals surface area contributed by atoms with Crippen molar-refractivity contribution < 1.29 is 14.6 Å². The molecule has 0 bridgehead atoms. The molecule has 0 radical (unpaired) electrons. The molecule has 0 spiro atoms. The molecule has 0 saturated heterocycles. The van der Waals surface area contributed by atoms with Crippen LogP contribution in [0.1, 0.15) is 56.1 Å². The van der Waals surface area contributed by atoms with Gasteiger partial charge in [-0.3, -0.25) is 4.98 Å². The number of ether oxygens (including phenoxy) is 1. The van der Waals surface area contributed by atoms with E-state index in [-0.39, 0.29) is 17.4 Å². The lowest BCUT2D eigenvalue weighted by Gasteiger charge is -2.37. The maximum atomic E-state index is 11.6. The van der Waals surface area contributed by atoms with Crippen LogP contribution in [-0.2, 0) is 0 Å². The number of anilines is 1. The third kappa shape index (κ3) is 3.35. The zero-order valence-electron chi connectivity index (χ0n) is 16.0. The van der Waals surface area contributed by atoms with E-state index >= 15 is 0 Å². The monoisotopic (exact) mass is 356 g/mol. The zero-order chi connectivity index (χ0) is 19.0. The third-order valence-electron chi connectivity index (χ3n) is 5.65. The molecular formula is C21H28N2O3. The highest BCUT2D eigenvalue weighted by atomic mass is 16.5. The predicted molar refractivity (Wildman–Crippen MR) is 104 cm³/mol. The molecule has 0 amide bonds. The molecule has 1 aliphatic rings. The summed E-state index contributed by atoms with van der Waals surface area (Å²) in [5.74, 6) is 1.22. The minimum absolute atomic E-state index is 0.0611. The fourth-order valence-corrected chi connectivity index (χ4v) is 4.22. The molecule has 140 valence electrons. The molecule has 5 nitrogen and oxygen atoms in total. The zero-order valence-corrected chi connectivity index (χ0v) is 16.0. The minimum Gasteiger partial charge on any atom is -0.489 e. The molecule has 3 atom stereocenters. The molecule has 1 aromatic carbocycles. The lowest BCUT2D eigenvalue weighted by atomic mass is 9.75. The van der Waals surface area contributed by atoms with Gasteiger partial charge in [0, 0.05) is 0 Å². The molecule has 5 heteroatoms. The summed E-state index contributed by atoms with van der Waals surface area (Å²) in [6, 6.07) is 5.61. The number of carboxylic acids is 1. The van der Waals surface area contributed by atoms with Gasteiger partial charge in [0.05, 0.1) is 22.3 Å². The van der Waals surface area contributed by atoms with Gasteiger partial charge in [0.25, 0.3) is 0 Å². The van der Waals surface area contributed by atoms with Gasteiger partial charge in [-0.05, 0) is 49.7 Å². The second-order valence-corrected chi connectivity index (χ2v) is 7.92. The third-order valence-corrected chi connectivity index (χ3v) is 5.65. The van der Waals surface area contributed by atoms with Crippen molar-refractivity contribution in [1.29, 1.82) is 0 Å². The van der Waals surface area contributed by atoms with Crippen molar-refractivity contribution in [2.45, 2.75) is 53.1 Å². The number of rotatable bonds is 4. The van der Waals surface area contributed by atoms with E-state index in [0.717, 1.165) is 12.8 Å². The van der Waals surface area contributed by atoms with Gasteiger partial charge in [0.15, 0.2) is 0 Å². The summed E-state index contributed by atoms with van der Waals surface area (Å²) in [6.07, 6.45) is 3.49. The van der Waals surface area contributed by atoms with Crippen LogP contribution in [0, 0.1) is 24.7 Å². The molecule has 1 saturated carbocycles. The second-order valence-electron chi connectivity index (χ2n) is 7.92. The van der Waals surface area contributed by atoms with Crippen LogP contribution < -0.4 is 10.5 Å². The average Bonchev–Trinajstić information content (AvgIpc) is 2.54. The lowest BCUT2D eigenvalue weighted by molar-refractivity contribution is 0.0472. The normalized spacial score (nSPS) is 23.3. The van der Waals surface area contributed by atoms with E-state index in [4.69, 9.17) is 10.5 Å². The number of aromatic carboxylic acids is 1. The standard InChI is InChI=1S/C21H28N2O3/c1-11(2)14-9-8-12(3)10-17(14)26-16-7-5-6-15-19(16)20(22)18(21(24)25)13(4)23-15/h5-7,11-12,14,17H,8-10H2,1-4H3,(H2,22,23)(H,24,25)/t12?,14-,17+/m0/s1. The van der Waals surface area contributed by atoms with Crippen LogP contribution in [0.4, 0.5) is 5.69 Å². The van der Waals surface area contributed by atoms with Crippen LogP contribution in [0.15, 0.2) is 18.2 Å². The van der Waals surface area contributed by atoms with Crippen molar-refractivity contribution in [2.24, 2.45) is 17.8 Å². The molecular weight excluding hydrogens is 328 g/mol. The van der Waals surface area contributed by atoms with Gasteiger partial charge in [-0.15, -0.1) is 0 Å². The number of pyridine rings is 1. The van der Waals surface area contributed by atoms with Crippen LogP contribution in [0.3, 0.4) is 0 Å². The topological polar surface area (TPSA) is 85.4 Å². The fraction of sp³-hybridized carbons (Fsp3) is 0.524. The van der Waals surface area contributed by atoms with Crippen LogP contribution in [0.25, 0.3) is 10.9 Å². The van der Waals surface area contributed by atoms with E-state index in [0.29, 0.717) is 40.1 Å². The minimum atomic E-state index is -1.06. The number of nitrogen functional groups attached to an aromatic ring is 1. The summed E-state index contributed by atoms with van der Waals surface area (Å²) in [5, 5.41) is 10.1. The Bertz CT molecular complexity index is 832. The summed E-state index contributed by atoms with van der Waals surface area (Å²) < 4.78 is 6.46. The van der Waals surface area contributed by atoms with E-state index < -0.39 is 5.97 Å². The van der Waals surface area contributed by atoms with Gasteiger partial charge in [-0.25, -0.2) is 4.79 Å². The number of aryl methyl sites for hydroxylation is 1. The summed E-state index contributed by atoms with van der Waals surface area (Å²) in [7, 11) is 0. The van der Waals surface area contributed by atoms with Crippen molar-refractivity contribution in [1.82, 2.24) is 4.98 Å². The highest BCUT2D eigenvalue weighted by molar-refractivity contribution is 6.06. The smallest absolute Gasteiger partial charge is 0.339 e. The van der Waals surface area contributed by atoms with Crippen LogP contribution in [0.5, 0.6) is 5.75 Å². The van der Waals surface area contributed by atoms with E-state index in [1.54, 1.807) is 6.92 Å². The van der Waals surface area contributed by atoms with Gasteiger partial charge in [0.2, 0.25) is 0 Å². The first-order valence-electron chi connectivity index (χ1n) is 9.38. The van der Waals surface area contributed by atoms with Crippen LogP contribution >= 0.6 is 0 Å². The number of hydrogen-bond acceptors (Lipinski definition) is 4. The first-order chi connectivity index (χ1) is 12.3. The molecule has 1 heterocycles. The molecule has 1 fully saturated rings. The largest absolute Gasteiger partial charge is 0.489 e. The number of aromatic nitrogens is 1. The lowest BCUT2D eigenvalue weighted by Crippen LogP contribution is -2.36. The van der Waals surface area contributed by atoms with Gasteiger partial charge >= 0.3 is 5.97 Å². The Hall–Kier alpha value is -2.30. The van der Waals surface area contributed by atoms with E-state index in [2.05, 4.69) is 25.8 Å². The van der Waals surface area contributed by atoms with Gasteiger partial charge < -0.3 is 15.6 Å². The number of hydrogen-bond donors (Lipinski definition) is 2. The predicted octanol–water partition coefficient (Wildman–Crippen LogP) is 4.66. The maximum absolute atomic E-state index is 11.6. The maximum Gasteiger partial charge on any atom is 0.339 e. The van der Waals surface area contributed by atoms with Crippen molar-refractivity contribution in [3.05, 3.63) is 29.5 Å². The number of carboxylic acid groups (broad SMARTS) is 1. The van der Waals surface area contributed by atoms with E-state index in [9.17, 15) is 9.90 Å². The van der Waals surface area contributed by atoms with Gasteiger partial charge in [0.1, 0.15) is 17.4 Å². The highest BCUT2D eigenvalue weighted by Gasteiger charge is 2.33. The Labute approximate surface area is 154 Å². The van der Waals surface area contributed by atoms with Crippen molar-refractivity contribution >= 4 is 22.6 Å². The summed E-state index contributed by atoms with van der Waals surface area (Å²) in [5.41, 5.74) is 7.64. The fourth-order valence-electron chi connectivity index (χ4n) is 4.22. The molecule has 3 rings (SSSR count). The Morgan fingerprint density at radius 2 is 2.08 bits per heavy atom. The van der Waals surface area contributed by atoms with Crippen LogP contribution in [-0.4, -0.2) is 22.2 Å². The Morgan fingerprint density at radius 3 is 2.73 bits per heavy atom. The van der Waals surface area contributed by atoms with E-state index in [1.165, 1.54) is 6.42 Å². The first-order valence-corrected chi connectivity index (χ1v) is 9.38. The molecule has 1 aromatic heterocycles. The second kappa shape index (κ2) is 7.14. The quantitative estimate of drug-likeness (QED) is 0.832. The number of benzene rings is 1. The Balaban J connectivity index is 2.07. The average molecular weight is 356 g/mol. The summed E-state index contributed by atoms with van der Waals surface area (Å²) in [4.78, 5) is 16.1. The van der Waals surface area contributed by atoms with Crippen molar-refractivity contribution in [3.8, 4) is 5.75 Å². The summed E-state index contributed by atoms with van der Waals surface area (Å²) >= 11 is 0. The van der Waals surface area contributed by atoms with Gasteiger partial charge in [-0.2, -0.15) is 0 Å². The Kier molecular flexibility index (Phi) is 5.08. The summed E-state index contributed by atoms with van der Waals surface area (Å²) in [6.45, 7) is 8.41. The molecule has 1 unspecified atom stereocenters. The molecule has 26 heavy (non-hydrogen) atoms. The molecule has 2 aromatic rings.